The third-order valence-corrected chi connectivity index (χ3v) is 4.05. The second-order valence-corrected chi connectivity index (χ2v) is 6.16. The molecule has 0 aliphatic rings. The van der Waals surface area contributed by atoms with E-state index in [1.807, 2.05) is 18.2 Å². The van der Waals surface area contributed by atoms with Crippen LogP contribution in [0, 0.1) is 0 Å². The molecule has 2 rings (SSSR count). The summed E-state index contributed by atoms with van der Waals surface area (Å²) in [6.45, 7) is -0.605. The number of alkyl halides is 3. The van der Waals surface area contributed by atoms with Crippen LogP contribution in [0.15, 0.2) is 41.5 Å². The molecule has 11 heteroatoms. The molecular formula is C20H26F3IN4O3. The quantitative estimate of drug-likeness (QED) is 0.281. The van der Waals surface area contributed by atoms with Crippen LogP contribution in [0.25, 0.3) is 0 Å². The molecule has 0 aliphatic heterocycles. The van der Waals surface area contributed by atoms with Crippen LogP contribution < -0.4 is 24.8 Å². The minimum absolute atomic E-state index is 0. The lowest BCUT2D eigenvalue weighted by Crippen LogP contribution is -2.38. The van der Waals surface area contributed by atoms with Crippen LogP contribution in [0.4, 0.5) is 13.2 Å². The van der Waals surface area contributed by atoms with Crippen molar-refractivity contribution in [2.75, 3.05) is 34.4 Å². The SMILES string of the molecule is CN=C(NCCc1ccc(OC)c(OC)c1)NCc1cccnc1OCC(F)(F)F.I. The molecule has 0 radical (unpaired) electrons. The molecule has 31 heavy (non-hydrogen) atoms. The number of ether oxygens (including phenoxy) is 3. The number of aliphatic imine (C=N–C) groups is 1. The van der Waals surface area contributed by atoms with Crippen LogP contribution in [-0.4, -0.2) is 51.5 Å². The minimum atomic E-state index is -4.43. The van der Waals surface area contributed by atoms with Crippen molar-refractivity contribution in [3.8, 4) is 17.4 Å². The Labute approximate surface area is 196 Å². The van der Waals surface area contributed by atoms with Crippen molar-refractivity contribution < 1.29 is 27.4 Å². The number of aromatic nitrogens is 1. The molecule has 0 atom stereocenters. The number of methoxy groups -OCH3 is 2. The Morgan fingerprint density at radius 1 is 1.10 bits per heavy atom. The summed E-state index contributed by atoms with van der Waals surface area (Å²) in [6.07, 6.45) is -2.34. The highest BCUT2D eigenvalue weighted by atomic mass is 127. The van der Waals surface area contributed by atoms with E-state index in [0.29, 0.717) is 36.0 Å². The van der Waals surface area contributed by atoms with E-state index in [0.717, 1.165) is 5.56 Å². The first kappa shape index (κ1) is 26.6. The standard InChI is InChI=1S/C20H25F3N4O3.HI/c1-24-19(26-10-8-14-6-7-16(28-2)17(11-14)29-3)27-12-15-5-4-9-25-18(15)30-13-20(21,22)23;/h4-7,9,11H,8,10,12-13H2,1-3H3,(H2,24,26,27);1H. The lowest BCUT2D eigenvalue weighted by atomic mass is 10.1. The maximum atomic E-state index is 12.4. The number of rotatable bonds is 9. The molecule has 0 saturated heterocycles. The first-order valence-electron chi connectivity index (χ1n) is 9.15. The summed E-state index contributed by atoms with van der Waals surface area (Å²) >= 11 is 0. The molecule has 7 nitrogen and oxygen atoms in total. The summed E-state index contributed by atoms with van der Waals surface area (Å²) in [5, 5.41) is 6.20. The molecule has 2 N–H and O–H groups in total. The van der Waals surface area contributed by atoms with Gasteiger partial charge < -0.3 is 24.8 Å². The molecule has 0 saturated carbocycles. The zero-order valence-electron chi connectivity index (χ0n) is 17.5. The topological polar surface area (TPSA) is 77.0 Å². The fraction of sp³-hybridized carbons (Fsp3) is 0.400. The number of hydrogen-bond acceptors (Lipinski definition) is 5. The number of halogens is 4. The van der Waals surface area contributed by atoms with Crippen LogP contribution in [0.5, 0.6) is 17.4 Å². The molecule has 1 aromatic carbocycles. The van der Waals surface area contributed by atoms with E-state index in [4.69, 9.17) is 14.2 Å². The van der Waals surface area contributed by atoms with Crippen molar-refractivity contribution in [3.05, 3.63) is 47.7 Å². The predicted molar refractivity (Wildman–Crippen MR) is 123 cm³/mol. The van der Waals surface area contributed by atoms with E-state index in [1.165, 1.54) is 6.20 Å². The first-order chi connectivity index (χ1) is 14.4. The average molecular weight is 554 g/mol. The van der Waals surface area contributed by atoms with Gasteiger partial charge in [0.05, 0.1) is 14.2 Å². The molecule has 0 unspecified atom stereocenters. The van der Waals surface area contributed by atoms with Crippen molar-refractivity contribution in [3.63, 3.8) is 0 Å². The third-order valence-electron chi connectivity index (χ3n) is 4.05. The van der Waals surface area contributed by atoms with Crippen LogP contribution in [-0.2, 0) is 13.0 Å². The largest absolute Gasteiger partial charge is 0.493 e. The van der Waals surface area contributed by atoms with Gasteiger partial charge in [-0.25, -0.2) is 4.98 Å². The van der Waals surface area contributed by atoms with Gasteiger partial charge in [-0.15, -0.1) is 24.0 Å². The van der Waals surface area contributed by atoms with Crippen molar-refractivity contribution in [2.45, 2.75) is 19.1 Å². The zero-order valence-corrected chi connectivity index (χ0v) is 19.8. The summed E-state index contributed by atoms with van der Waals surface area (Å²) in [6, 6.07) is 8.95. The highest BCUT2D eigenvalue weighted by Crippen LogP contribution is 2.27. The van der Waals surface area contributed by atoms with E-state index in [9.17, 15) is 13.2 Å². The Morgan fingerprint density at radius 2 is 1.84 bits per heavy atom. The van der Waals surface area contributed by atoms with Crippen molar-refractivity contribution in [1.29, 1.82) is 0 Å². The number of hydrogen-bond donors (Lipinski definition) is 2. The molecule has 0 aliphatic carbocycles. The molecular weight excluding hydrogens is 528 g/mol. The average Bonchev–Trinajstić information content (AvgIpc) is 2.74. The van der Waals surface area contributed by atoms with Crippen LogP contribution in [0.3, 0.4) is 0 Å². The number of nitrogens with zero attached hydrogens (tertiary/aromatic N) is 2. The lowest BCUT2D eigenvalue weighted by molar-refractivity contribution is -0.154. The first-order valence-corrected chi connectivity index (χ1v) is 9.15. The second-order valence-electron chi connectivity index (χ2n) is 6.16. The summed E-state index contributed by atoms with van der Waals surface area (Å²) in [5.41, 5.74) is 1.54. The highest BCUT2D eigenvalue weighted by molar-refractivity contribution is 14.0. The summed E-state index contributed by atoms with van der Waals surface area (Å²) in [4.78, 5) is 7.99. The summed E-state index contributed by atoms with van der Waals surface area (Å²) < 4.78 is 52.5. The van der Waals surface area contributed by atoms with Gasteiger partial charge in [0.15, 0.2) is 24.1 Å². The minimum Gasteiger partial charge on any atom is -0.493 e. The van der Waals surface area contributed by atoms with Crippen LogP contribution in [0.1, 0.15) is 11.1 Å². The number of guanidine groups is 1. The normalized spacial score (nSPS) is 11.4. The second kappa shape index (κ2) is 13.1. The van der Waals surface area contributed by atoms with Gasteiger partial charge in [0, 0.05) is 31.9 Å². The Hall–Kier alpha value is -2.44. The van der Waals surface area contributed by atoms with Gasteiger partial charge >= 0.3 is 6.18 Å². The maximum Gasteiger partial charge on any atom is 0.422 e. The number of nitrogens with one attached hydrogen (secondary N) is 2. The van der Waals surface area contributed by atoms with Crippen molar-refractivity contribution in [1.82, 2.24) is 15.6 Å². The van der Waals surface area contributed by atoms with Gasteiger partial charge in [0.25, 0.3) is 0 Å². The lowest BCUT2D eigenvalue weighted by Gasteiger charge is -2.15. The fourth-order valence-corrected chi connectivity index (χ4v) is 2.60. The molecule has 0 amide bonds. The van der Waals surface area contributed by atoms with E-state index in [-0.39, 0.29) is 36.4 Å². The Balaban J connectivity index is 0.00000480. The predicted octanol–water partition coefficient (Wildman–Crippen LogP) is 3.57. The van der Waals surface area contributed by atoms with E-state index in [2.05, 4.69) is 20.6 Å². The molecule has 1 aromatic heterocycles. The Morgan fingerprint density at radius 3 is 2.48 bits per heavy atom. The van der Waals surface area contributed by atoms with Gasteiger partial charge in [-0.1, -0.05) is 12.1 Å². The highest BCUT2D eigenvalue weighted by Gasteiger charge is 2.29. The smallest absolute Gasteiger partial charge is 0.422 e. The zero-order chi connectivity index (χ0) is 22.0. The van der Waals surface area contributed by atoms with Gasteiger partial charge in [-0.05, 0) is 30.2 Å². The monoisotopic (exact) mass is 554 g/mol. The molecule has 2 aromatic rings. The molecule has 0 fully saturated rings. The van der Waals surface area contributed by atoms with Crippen molar-refractivity contribution in [2.24, 2.45) is 4.99 Å². The van der Waals surface area contributed by atoms with Gasteiger partial charge in [-0.2, -0.15) is 13.2 Å². The van der Waals surface area contributed by atoms with Gasteiger partial charge in [-0.3, -0.25) is 4.99 Å². The van der Waals surface area contributed by atoms with Gasteiger partial charge in [0.2, 0.25) is 5.88 Å². The molecule has 1 heterocycles. The van der Waals surface area contributed by atoms with E-state index in [1.54, 1.807) is 33.4 Å². The fourth-order valence-electron chi connectivity index (χ4n) is 2.60. The van der Waals surface area contributed by atoms with Crippen LogP contribution in [0.2, 0.25) is 0 Å². The summed E-state index contributed by atoms with van der Waals surface area (Å²) in [5.74, 6) is 1.75. The summed E-state index contributed by atoms with van der Waals surface area (Å²) in [7, 11) is 4.77. The Kier molecular flexibility index (Phi) is 11.2. The molecule has 0 bridgehead atoms. The maximum absolute atomic E-state index is 12.4. The Bertz CT molecular complexity index is 851. The van der Waals surface area contributed by atoms with Crippen molar-refractivity contribution >= 4 is 29.9 Å². The third kappa shape index (κ3) is 9.07. The number of benzene rings is 1. The number of pyridine rings is 1. The van der Waals surface area contributed by atoms with Gasteiger partial charge in [0.1, 0.15) is 0 Å². The molecule has 172 valence electrons. The van der Waals surface area contributed by atoms with E-state index >= 15 is 0 Å². The van der Waals surface area contributed by atoms with E-state index < -0.39 is 12.8 Å². The molecule has 0 spiro atoms. The van der Waals surface area contributed by atoms with Crippen LogP contribution >= 0.6 is 24.0 Å².